The summed E-state index contributed by atoms with van der Waals surface area (Å²) in [6.07, 6.45) is -2.23. The fraction of sp³-hybridized carbons (Fsp3) is 0.387. The molecule has 0 saturated heterocycles. The number of aliphatic carboxylic acids is 2. The van der Waals surface area contributed by atoms with Gasteiger partial charge in [0, 0.05) is 0 Å². The smallest absolute Gasteiger partial charge is 0.417 e. The van der Waals surface area contributed by atoms with Crippen molar-refractivity contribution in [2.24, 2.45) is 11.7 Å². The van der Waals surface area contributed by atoms with E-state index in [1.54, 1.807) is 56.3 Å². The summed E-state index contributed by atoms with van der Waals surface area (Å²) in [5.41, 5.74) is 7.20. The Morgan fingerprint density at radius 2 is 1.49 bits per heavy atom. The van der Waals surface area contributed by atoms with Crippen LogP contribution in [0.4, 0.5) is 9.18 Å². The Morgan fingerprint density at radius 1 is 0.915 bits per heavy atom. The lowest BCUT2D eigenvalue weighted by Crippen LogP contribution is -2.59. The molecule has 4 unspecified atom stereocenters. The molecule has 0 spiro atoms. The number of aromatic hydroxyl groups is 1. The molecule has 7 N–H and O–H groups in total. The summed E-state index contributed by atoms with van der Waals surface area (Å²) in [4.78, 5) is 84.4. The molecule has 2 aromatic carbocycles. The van der Waals surface area contributed by atoms with E-state index in [0.29, 0.717) is 11.1 Å². The highest BCUT2D eigenvalue weighted by Crippen LogP contribution is 2.14. The number of carbonyl (C=O) groups excluding carboxylic acids is 5. The summed E-state index contributed by atoms with van der Waals surface area (Å²) < 4.78 is 15.5. The zero-order chi connectivity index (χ0) is 35.7. The lowest BCUT2D eigenvalue weighted by atomic mass is 10.0. The molecule has 15 nitrogen and oxygen atoms in total. The van der Waals surface area contributed by atoms with Crippen LogP contribution in [0.5, 0.6) is 5.75 Å². The van der Waals surface area contributed by atoms with Gasteiger partial charge in [0.15, 0.2) is 12.3 Å². The third-order valence-electron chi connectivity index (χ3n) is 6.37. The van der Waals surface area contributed by atoms with Gasteiger partial charge in [-0.25, -0.2) is 18.9 Å². The number of aldehydes is 1. The van der Waals surface area contributed by atoms with Crippen LogP contribution < -0.4 is 16.4 Å². The van der Waals surface area contributed by atoms with Gasteiger partial charge in [0.25, 0.3) is 5.91 Å². The highest BCUT2D eigenvalue weighted by molar-refractivity contribution is 6.01. The number of halogens is 1. The predicted octanol–water partition coefficient (Wildman–Crippen LogP) is 1.16. The van der Waals surface area contributed by atoms with Gasteiger partial charge in [0.2, 0.25) is 11.8 Å². The van der Waals surface area contributed by atoms with E-state index in [9.17, 15) is 48.5 Å². The molecule has 4 atom stereocenters. The van der Waals surface area contributed by atoms with Crippen LogP contribution in [0.3, 0.4) is 0 Å². The van der Waals surface area contributed by atoms with Crippen LogP contribution in [0.2, 0.25) is 0 Å². The Morgan fingerprint density at radius 3 is 1.98 bits per heavy atom. The molecule has 256 valence electrons. The third-order valence-corrected chi connectivity index (χ3v) is 6.37. The van der Waals surface area contributed by atoms with Crippen molar-refractivity contribution in [2.45, 2.75) is 64.4 Å². The summed E-state index contributed by atoms with van der Waals surface area (Å²) in [5, 5.41) is 33.2. The van der Waals surface area contributed by atoms with Gasteiger partial charge in [-0.15, -0.1) is 0 Å². The molecule has 0 aliphatic carbocycles. The number of benzene rings is 2. The van der Waals surface area contributed by atoms with Gasteiger partial charge in [0.05, 0.1) is 12.5 Å². The number of rotatable bonds is 15. The molecule has 0 aliphatic rings. The summed E-state index contributed by atoms with van der Waals surface area (Å²) in [6.45, 7) is 3.23. The Labute approximate surface area is 269 Å². The molecule has 0 saturated carbocycles. The molecule has 2 aromatic rings. The van der Waals surface area contributed by atoms with Crippen LogP contribution in [-0.4, -0.2) is 93.1 Å². The molecule has 2 rings (SSSR count). The first-order chi connectivity index (χ1) is 22.1. The number of nitrogens with two attached hydrogens (primary N) is 1. The van der Waals surface area contributed by atoms with Gasteiger partial charge >= 0.3 is 18.0 Å². The van der Waals surface area contributed by atoms with Crippen LogP contribution in [0.1, 0.15) is 38.3 Å². The predicted molar refractivity (Wildman–Crippen MR) is 163 cm³/mol. The minimum atomic E-state index is -2.13. The molecule has 4 amide bonds. The van der Waals surface area contributed by atoms with Crippen LogP contribution in [0.25, 0.3) is 0 Å². The van der Waals surface area contributed by atoms with E-state index in [-0.39, 0.29) is 30.0 Å². The highest BCUT2D eigenvalue weighted by atomic mass is 19.1. The number of hydrogen-bond acceptors (Lipinski definition) is 10. The minimum absolute atomic E-state index is 0.0441. The quantitative estimate of drug-likeness (QED) is 0.147. The second kappa shape index (κ2) is 19.9. The minimum Gasteiger partial charge on any atom is -0.508 e. The van der Waals surface area contributed by atoms with Crippen LogP contribution in [-0.2, 0) is 46.5 Å². The van der Waals surface area contributed by atoms with E-state index in [1.165, 1.54) is 19.1 Å². The first-order valence-electron chi connectivity index (χ1n) is 14.2. The summed E-state index contributed by atoms with van der Waals surface area (Å²) >= 11 is 0. The summed E-state index contributed by atoms with van der Waals surface area (Å²) in [7, 11) is 0. The van der Waals surface area contributed by atoms with E-state index >= 15 is 0 Å². The number of imide groups is 1. The fourth-order valence-corrected chi connectivity index (χ4v) is 3.96. The topological polar surface area (TPSA) is 243 Å². The number of carboxylic acids is 2. The van der Waals surface area contributed by atoms with Crippen molar-refractivity contribution in [1.29, 1.82) is 0 Å². The zero-order valence-electron chi connectivity index (χ0n) is 26.0. The standard InChI is InChI=1S/C29H36N4O10.C2H3FO/c1-16(2)24(32-25(37)21(30)13-18-9-11-20(34)12-10-18)26(38)31-17(3)27(39)33(22(28(40)41)14-23(35)36)29(42)43-15-19-7-5-4-6-8-19;3-1-2-4/h4-12,16-17,21-22,24,34H,13-15,30H2,1-3H3,(H,31,38)(H,32,37)(H,35,36)(H,40,41);2H,1H2. The first kappa shape index (κ1) is 39.6. The van der Waals surface area contributed by atoms with Crippen molar-refractivity contribution in [3.8, 4) is 5.75 Å². The van der Waals surface area contributed by atoms with Crippen molar-refractivity contribution in [3.05, 3.63) is 65.7 Å². The number of amides is 4. The zero-order valence-corrected chi connectivity index (χ0v) is 26.0. The van der Waals surface area contributed by atoms with Crippen molar-refractivity contribution in [2.75, 3.05) is 6.67 Å². The SMILES string of the molecule is CC(NC(=O)C(NC(=O)C(N)Cc1ccc(O)cc1)C(C)C)C(=O)N(C(=O)OCc1ccccc1)C(CC(=O)O)C(=O)O.O=CCF. The van der Waals surface area contributed by atoms with E-state index in [4.69, 9.17) is 15.3 Å². The molecule has 0 aromatic heterocycles. The molecular formula is C31H39FN4O11. The molecule has 0 radical (unpaired) electrons. The third kappa shape index (κ3) is 13.7. The van der Waals surface area contributed by atoms with Gasteiger partial charge in [-0.3, -0.25) is 19.2 Å². The molecule has 0 fully saturated rings. The number of nitrogens with zero attached hydrogens (tertiary/aromatic N) is 1. The summed E-state index contributed by atoms with van der Waals surface area (Å²) in [6, 6.07) is 8.44. The van der Waals surface area contributed by atoms with E-state index in [2.05, 4.69) is 10.6 Å². The number of phenolic OH excluding ortho intramolecular Hbond substituents is 1. The van der Waals surface area contributed by atoms with Crippen molar-refractivity contribution in [1.82, 2.24) is 15.5 Å². The Bertz CT molecular complexity index is 1370. The Kier molecular flexibility index (Phi) is 16.8. The second-order valence-corrected chi connectivity index (χ2v) is 10.5. The maximum Gasteiger partial charge on any atom is 0.417 e. The highest BCUT2D eigenvalue weighted by Gasteiger charge is 2.40. The number of hydrogen-bond donors (Lipinski definition) is 6. The Hall–Kier alpha value is -5.38. The maximum absolute atomic E-state index is 13.3. The molecule has 0 heterocycles. The first-order valence-corrected chi connectivity index (χ1v) is 14.2. The van der Waals surface area contributed by atoms with Crippen molar-refractivity contribution >= 4 is 42.0 Å². The molecule has 16 heteroatoms. The van der Waals surface area contributed by atoms with Crippen LogP contribution >= 0.6 is 0 Å². The molecule has 0 bridgehead atoms. The lowest BCUT2D eigenvalue weighted by Gasteiger charge is -2.29. The normalized spacial score (nSPS) is 13.0. The fourth-order valence-electron chi connectivity index (χ4n) is 3.96. The second-order valence-electron chi connectivity index (χ2n) is 10.5. The van der Waals surface area contributed by atoms with E-state index in [1.807, 2.05) is 0 Å². The number of alkyl halides is 1. The Balaban J connectivity index is 0.00000260. The van der Waals surface area contributed by atoms with Crippen LogP contribution in [0.15, 0.2) is 54.6 Å². The van der Waals surface area contributed by atoms with E-state index < -0.39 is 78.9 Å². The number of phenols is 1. The monoisotopic (exact) mass is 662 g/mol. The van der Waals surface area contributed by atoms with Gasteiger partial charge in [0.1, 0.15) is 31.1 Å². The largest absolute Gasteiger partial charge is 0.508 e. The van der Waals surface area contributed by atoms with Gasteiger partial charge in [-0.2, -0.15) is 0 Å². The number of carboxylic acid groups (broad SMARTS) is 2. The average Bonchev–Trinajstić information content (AvgIpc) is 3.03. The van der Waals surface area contributed by atoms with Crippen LogP contribution in [0, 0.1) is 5.92 Å². The number of carbonyl (C=O) groups is 7. The van der Waals surface area contributed by atoms with Gasteiger partial charge in [-0.1, -0.05) is 56.3 Å². The van der Waals surface area contributed by atoms with Crippen molar-refractivity contribution < 1.29 is 58.0 Å². The van der Waals surface area contributed by atoms with Gasteiger partial charge < -0.3 is 41.2 Å². The van der Waals surface area contributed by atoms with Crippen molar-refractivity contribution in [3.63, 3.8) is 0 Å². The molecule has 0 aliphatic heterocycles. The number of nitrogens with one attached hydrogen (secondary N) is 2. The van der Waals surface area contributed by atoms with E-state index in [0.717, 1.165) is 0 Å². The summed E-state index contributed by atoms with van der Waals surface area (Å²) in [5.74, 6) is -6.55. The number of ether oxygens (including phenoxy) is 1. The molecule has 47 heavy (non-hydrogen) atoms. The average molecular weight is 663 g/mol. The lowest BCUT2D eigenvalue weighted by molar-refractivity contribution is -0.154. The van der Waals surface area contributed by atoms with Gasteiger partial charge in [-0.05, 0) is 42.5 Å². The maximum atomic E-state index is 13.3. The molecular weight excluding hydrogens is 623 g/mol.